The minimum absolute atomic E-state index is 0.137. The zero-order valence-electron chi connectivity index (χ0n) is 11.5. The summed E-state index contributed by atoms with van der Waals surface area (Å²) in [5.74, 6) is 1.08. The Morgan fingerprint density at radius 2 is 2.05 bits per heavy atom. The molecule has 2 aromatic rings. The molecule has 1 amide bonds. The number of phenols is 1. The number of furan rings is 1. The van der Waals surface area contributed by atoms with Crippen LogP contribution in [0.3, 0.4) is 0 Å². The monoisotopic (exact) mass is 293 g/mol. The molecule has 1 aromatic carbocycles. The van der Waals surface area contributed by atoms with Gasteiger partial charge in [0, 0.05) is 10.6 Å². The van der Waals surface area contributed by atoms with Gasteiger partial charge < -0.3 is 14.8 Å². The lowest BCUT2D eigenvalue weighted by molar-refractivity contribution is 0.0937. The van der Waals surface area contributed by atoms with Gasteiger partial charge in [0.1, 0.15) is 17.3 Å². The first kappa shape index (κ1) is 14.5. The number of aromatic hydroxyl groups is 1. The molecule has 2 rings (SSSR count). The van der Waals surface area contributed by atoms with E-state index in [-0.39, 0.29) is 23.3 Å². The molecule has 0 saturated carbocycles. The van der Waals surface area contributed by atoms with E-state index < -0.39 is 0 Å². The highest BCUT2D eigenvalue weighted by Crippen LogP contribution is 2.24. The fourth-order valence-corrected chi connectivity index (χ4v) is 2.30. The minimum Gasteiger partial charge on any atom is -0.507 e. The number of halogens is 1. The van der Waals surface area contributed by atoms with Crippen molar-refractivity contribution in [2.24, 2.45) is 0 Å². The van der Waals surface area contributed by atoms with Crippen molar-refractivity contribution in [2.45, 2.75) is 26.8 Å². The number of carbonyl (C=O) groups excluding carboxylic acids is 1. The molecule has 0 aliphatic carbocycles. The van der Waals surface area contributed by atoms with Gasteiger partial charge in [-0.05, 0) is 45.0 Å². The Morgan fingerprint density at radius 1 is 1.35 bits per heavy atom. The quantitative estimate of drug-likeness (QED) is 0.906. The van der Waals surface area contributed by atoms with Crippen LogP contribution in [0.4, 0.5) is 0 Å². The highest BCUT2D eigenvalue weighted by molar-refractivity contribution is 6.30. The fourth-order valence-electron chi connectivity index (χ4n) is 2.13. The molecule has 1 atom stereocenters. The van der Waals surface area contributed by atoms with Gasteiger partial charge in [0.25, 0.3) is 5.91 Å². The van der Waals surface area contributed by atoms with E-state index >= 15 is 0 Å². The summed E-state index contributed by atoms with van der Waals surface area (Å²) in [4.78, 5) is 12.1. The molecular formula is C15H16ClNO3. The number of benzene rings is 1. The number of carbonyl (C=O) groups is 1. The average Bonchev–Trinajstić information content (AvgIpc) is 2.68. The molecular weight excluding hydrogens is 278 g/mol. The molecule has 0 bridgehead atoms. The Kier molecular flexibility index (Phi) is 4.04. The van der Waals surface area contributed by atoms with Crippen LogP contribution < -0.4 is 5.32 Å². The summed E-state index contributed by atoms with van der Waals surface area (Å²) in [6.45, 7) is 5.57. The largest absolute Gasteiger partial charge is 0.507 e. The Labute approximate surface area is 122 Å². The van der Waals surface area contributed by atoms with E-state index in [1.807, 2.05) is 26.8 Å². The summed E-state index contributed by atoms with van der Waals surface area (Å²) in [6.07, 6.45) is 0. The summed E-state index contributed by atoms with van der Waals surface area (Å²) in [6, 6.07) is 6.08. The van der Waals surface area contributed by atoms with E-state index in [1.165, 1.54) is 12.1 Å². The average molecular weight is 294 g/mol. The Balaban J connectivity index is 2.17. The third-order valence-electron chi connectivity index (χ3n) is 3.10. The molecule has 0 saturated heterocycles. The van der Waals surface area contributed by atoms with Crippen molar-refractivity contribution in [3.05, 3.63) is 51.9 Å². The fraction of sp³-hybridized carbons (Fsp3) is 0.267. The van der Waals surface area contributed by atoms with Crippen LogP contribution in [0.1, 0.15) is 40.4 Å². The van der Waals surface area contributed by atoms with Gasteiger partial charge in [-0.3, -0.25) is 4.79 Å². The number of nitrogens with one attached hydrogen (secondary N) is 1. The van der Waals surface area contributed by atoms with Crippen molar-refractivity contribution in [3.8, 4) is 5.75 Å². The molecule has 20 heavy (non-hydrogen) atoms. The third-order valence-corrected chi connectivity index (χ3v) is 3.33. The minimum atomic E-state index is -0.357. The van der Waals surface area contributed by atoms with Crippen LogP contribution in [0.15, 0.2) is 28.7 Å². The number of rotatable bonds is 3. The number of aryl methyl sites for hydroxylation is 2. The smallest absolute Gasteiger partial charge is 0.255 e. The maximum Gasteiger partial charge on any atom is 0.255 e. The molecule has 1 unspecified atom stereocenters. The zero-order valence-corrected chi connectivity index (χ0v) is 12.3. The number of amides is 1. The van der Waals surface area contributed by atoms with Gasteiger partial charge in [-0.1, -0.05) is 11.6 Å². The Hall–Kier alpha value is -1.94. The highest BCUT2D eigenvalue weighted by Gasteiger charge is 2.18. The number of hydrogen-bond donors (Lipinski definition) is 2. The maximum atomic E-state index is 12.1. The Morgan fingerprint density at radius 3 is 2.60 bits per heavy atom. The molecule has 0 spiro atoms. The Bertz CT molecular complexity index is 649. The van der Waals surface area contributed by atoms with Crippen LogP contribution in [0, 0.1) is 13.8 Å². The van der Waals surface area contributed by atoms with Gasteiger partial charge in [0.05, 0.1) is 11.6 Å². The molecule has 1 aromatic heterocycles. The molecule has 2 N–H and O–H groups in total. The second kappa shape index (κ2) is 5.59. The predicted octanol–water partition coefficient (Wildman–Crippen LogP) is 3.75. The molecule has 4 nitrogen and oxygen atoms in total. The standard InChI is InChI=1S/C15H16ClNO3/c1-8-6-13(10(3)20-8)9(2)17-15(19)12-5-4-11(16)7-14(12)18/h4-7,9,18H,1-3H3,(H,17,19). The van der Waals surface area contributed by atoms with Gasteiger partial charge in [0.15, 0.2) is 0 Å². The van der Waals surface area contributed by atoms with Crippen LogP contribution in [0.2, 0.25) is 5.02 Å². The molecule has 0 aliphatic heterocycles. The first-order chi connectivity index (χ1) is 9.38. The van der Waals surface area contributed by atoms with Crippen molar-refractivity contribution in [3.63, 3.8) is 0 Å². The van der Waals surface area contributed by atoms with Crippen molar-refractivity contribution >= 4 is 17.5 Å². The van der Waals surface area contributed by atoms with E-state index in [4.69, 9.17) is 16.0 Å². The van der Waals surface area contributed by atoms with E-state index in [0.29, 0.717) is 5.02 Å². The van der Waals surface area contributed by atoms with E-state index in [0.717, 1.165) is 17.1 Å². The van der Waals surface area contributed by atoms with Crippen LogP contribution in [-0.4, -0.2) is 11.0 Å². The van der Waals surface area contributed by atoms with Gasteiger partial charge in [-0.15, -0.1) is 0 Å². The zero-order chi connectivity index (χ0) is 14.9. The maximum absolute atomic E-state index is 12.1. The summed E-state index contributed by atoms with van der Waals surface area (Å²) >= 11 is 5.74. The van der Waals surface area contributed by atoms with Gasteiger partial charge in [-0.25, -0.2) is 0 Å². The highest BCUT2D eigenvalue weighted by atomic mass is 35.5. The first-order valence-electron chi connectivity index (χ1n) is 6.25. The molecule has 106 valence electrons. The summed E-state index contributed by atoms with van der Waals surface area (Å²) in [5, 5.41) is 12.9. The lowest BCUT2D eigenvalue weighted by Crippen LogP contribution is -2.26. The van der Waals surface area contributed by atoms with Crippen molar-refractivity contribution < 1.29 is 14.3 Å². The second-order valence-electron chi connectivity index (χ2n) is 4.73. The summed E-state index contributed by atoms with van der Waals surface area (Å²) in [5.41, 5.74) is 1.11. The summed E-state index contributed by atoms with van der Waals surface area (Å²) in [7, 11) is 0. The normalized spacial score (nSPS) is 12.2. The molecule has 0 fully saturated rings. The van der Waals surface area contributed by atoms with Gasteiger partial charge >= 0.3 is 0 Å². The first-order valence-corrected chi connectivity index (χ1v) is 6.62. The summed E-state index contributed by atoms with van der Waals surface area (Å²) < 4.78 is 5.44. The second-order valence-corrected chi connectivity index (χ2v) is 5.16. The molecule has 0 radical (unpaired) electrons. The molecule has 5 heteroatoms. The molecule has 0 aliphatic rings. The lowest BCUT2D eigenvalue weighted by Gasteiger charge is -2.14. The van der Waals surface area contributed by atoms with Gasteiger partial charge in [-0.2, -0.15) is 0 Å². The number of phenolic OH excluding ortho intramolecular Hbond substituents is 1. The van der Waals surface area contributed by atoms with Crippen molar-refractivity contribution in [1.82, 2.24) is 5.32 Å². The lowest BCUT2D eigenvalue weighted by atomic mass is 10.1. The van der Waals surface area contributed by atoms with Crippen molar-refractivity contribution in [2.75, 3.05) is 0 Å². The van der Waals surface area contributed by atoms with Crippen LogP contribution >= 0.6 is 11.6 Å². The van der Waals surface area contributed by atoms with E-state index in [1.54, 1.807) is 6.07 Å². The van der Waals surface area contributed by atoms with E-state index in [9.17, 15) is 9.90 Å². The van der Waals surface area contributed by atoms with Crippen LogP contribution in [0.25, 0.3) is 0 Å². The van der Waals surface area contributed by atoms with Crippen LogP contribution in [-0.2, 0) is 0 Å². The topological polar surface area (TPSA) is 62.5 Å². The molecule has 1 heterocycles. The van der Waals surface area contributed by atoms with Crippen LogP contribution in [0.5, 0.6) is 5.75 Å². The van der Waals surface area contributed by atoms with Crippen molar-refractivity contribution in [1.29, 1.82) is 0 Å². The third kappa shape index (κ3) is 2.96. The van der Waals surface area contributed by atoms with E-state index in [2.05, 4.69) is 5.32 Å². The van der Waals surface area contributed by atoms with Gasteiger partial charge in [0.2, 0.25) is 0 Å². The predicted molar refractivity (Wildman–Crippen MR) is 77.2 cm³/mol. The SMILES string of the molecule is Cc1cc(C(C)NC(=O)c2ccc(Cl)cc2O)c(C)o1. The number of hydrogen-bond acceptors (Lipinski definition) is 3.